The Labute approximate surface area is 107 Å². The lowest BCUT2D eigenvalue weighted by atomic mass is 10.1. The average Bonchev–Trinajstić information content (AvgIpc) is 2.74. The zero-order valence-electron chi connectivity index (χ0n) is 9.15. The second-order valence-corrected chi connectivity index (χ2v) is 6.40. The summed E-state index contributed by atoms with van der Waals surface area (Å²) in [6, 6.07) is -0.204. The van der Waals surface area contributed by atoms with Gasteiger partial charge < -0.3 is 14.9 Å². The highest BCUT2D eigenvalue weighted by Gasteiger charge is 2.32. The van der Waals surface area contributed by atoms with E-state index in [9.17, 15) is 18.5 Å². The van der Waals surface area contributed by atoms with E-state index in [1.54, 1.807) is 0 Å². The molecule has 1 atom stereocenters. The Hall–Kier alpha value is -1.19. The van der Waals surface area contributed by atoms with Crippen molar-refractivity contribution in [2.45, 2.75) is 23.8 Å². The maximum Gasteiger partial charge on any atom is 0.410 e. The maximum absolute atomic E-state index is 11.2. The molecule has 1 aromatic rings. The van der Waals surface area contributed by atoms with Crippen molar-refractivity contribution in [1.29, 1.82) is 0 Å². The molecule has 10 heteroatoms. The molecule has 100 valence electrons. The third-order valence-corrected chi connectivity index (χ3v) is 3.94. The monoisotopic (exact) mass is 295 g/mol. The van der Waals surface area contributed by atoms with Gasteiger partial charge in [-0.3, -0.25) is 0 Å². The third kappa shape index (κ3) is 2.62. The van der Waals surface area contributed by atoms with Crippen molar-refractivity contribution >= 4 is 25.6 Å². The maximum atomic E-state index is 11.2. The molecule has 0 spiro atoms. The van der Waals surface area contributed by atoms with Crippen molar-refractivity contribution in [3.63, 3.8) is 0 Å². The quantitative estimate of drug-likeness (QED) is 0.469. The van der Waals surface area contributed by atoms with Gasteiger partial charge >= 0.3 is 5.82 Å². The fraction of sp³-hybridized carbons (Fsp3) is 0.625. The Bertz CT molecular complexity index is 563. The van der Waals surface area contributed by atoms with E-state index in [-0.39, 0.29) is 6.04 Å². The van der Waals surface area contributed by atoms with Gasteiger partial charge in [0.15, 0.2) is 0 Å². The summed E-state index contributed by atoms with van der Waals surface area (Å²) < 4.78 is 28.9. The van der Waals surface area contributed by atoms with E-state index in [0.717, 1.165) is 19.0 Å². The minimum atomic E-state index is -4.19. The zero-order valence-corrected chi connectivity index (χ0v) is 10.7. The van der Waals surface area contributed by atoms with Crippen molar-refractivity contribution in [2.75, 3.05) is 13.2 Å². The molecule has 0 aliphatic carbocycles. The van der Waals surface area contributed by atoms with E-state index in [2.05, 4.69) is 5.10 Å². The molecule has 0 N–H and O–H groups in total. The molecule has 2 heterocycles. The number of halogens is 1. The number of nitrogens with zero attached hydrogens (tertiary/aromatic N) is 3. The highest BCUT2D eigenvalue weighted by atomic mass is 35.7. The first-order valence-corrected chi connectivity index (χ1v) is 7.46. The summed E-state index contributed by atoms with van der Waals surface area (Å²) in [6.45, 7) is 0.973. The van der Waals surface area contributed by atoms with Gasteiger partial charge in [-0.1, -0.05) is 0 Å². The van der Waals surface area contributed by atoms with Crippen LogP contribution in [0, 0.1) is 10.1 Å². The van der Waals surface area contributed by atoms with Crippen LogP contribution in [0.5, 0.6) is 0 Å². The molecule has 0 aromatic carbocycles. The standard InChI is InChI=1S/C8H10ClN3O5S/c9-18(15,16)7-4-11(10-8(7)12(13)14)6-2-1-3-17-5-6/h4,6H,1-3,5H2. The van der Waals surface area contributed by atoms with E-state index in [4.69, 9.17) is 15.4 Å². The molecule has 0 amide bonds. The number of hydrogen-bond donors (Lipinski definition) is 0. The molecule has 1 aliphatic heterocycles. The van der Waals surface area contributed by atoms with E-state index in [1.807, 2.05) is 0 Å². The summed E-state index contributed by atoms with van der Waals surface area (Å²) in [5.41, 5.74) is 0. The van der Waals surface area contributed by atoms with Crippen LogP contribution in [0.25, 0.3) is 0 Å². The second-order valence-electron chi connectivity index (χ2n) is 3.86. The van der Waals surface area contributed by atoms with Crippen molar-refractivity contribution in [1.82, 2.24) is 9.78 Å². The molecule has 0 saturated carbocycles. The van der Waals surface area contributed by atoms with Gasteiger partial charge in [0.2, 0.25) is 4.90 Å². The lowest BCUT2D eigenvalue weighted by molar-refractivity contribution is -0.392. The predicted molar refractivity (Wildman–Crippen MR) is 61.0 cm³/mol. The molecule has 2 rings (SSSR count). The fourth-order valence-electron chi connectivity index (χ4n) is 1.78. The topological polar surface area (TPSA) is 104 Å². The van der Waals surface area contributed by atoms with Crippen LogP contribution in [0.1, 0.15) is 18.9 Å². The second kappa shape index (κ2) is 4.82. The molecule has 0 radical (unpaired) electrons. The summed E-state index contributed by atoms with van der Waals surface area (Å²) in [5, 5.41) is 14.4. The van der Waals surface area contributed by atoms with Crippen LogP contribution in [-0.4, -0.2) is 36.3 Å². The highest BCUT2D eigenvalue weighted by Crippen LogP contribution is 2.28. The summed E-state index contributed by atoms with van der Waals surface area (Å²) in [7, 11) is 0.953. The SMILES string of the molecule is O=[N+]([O-])c1nn(C2CCCOC2)cc1S(=O)(=O)Cl. The summed E-state index contributed by atoms with van der Waals surface area (Å²) in [5.74, 6) is -0.754. The summed E-state index contributed by atoms with van der Waals surface area (Å²) in [4.78, 5) is 9.29. The minimum absolute atomic E-state index is 0.204. The van der Waals surface area contributed by atoms with E-state index < -0.39 is 24.7 Å². The molecule has 1 fully saturated rings. The molecule has 8 nitrogen and oxygen atoms in total. The van der Waals surface area contributed by atoms with Crippen molar-refractivity contribution in [3.05, 3.63) is 16.3 Å². The Balaban J connectivity index is 2.42. The number of hydrogen-bond acceptors (Lipinski definition) is 6. The van der Waals surface area contributed by atoms with Crippen LogP contribution in [0.15, 0.2) is 11.1 Å². The normalized spacial score (nSPS) is 20.8. The van der Waals surface area contributed by atoms with Crippen LogP contribution < -0.4 is 0 Å². The Kier molecular flexibility index (Phi) is 3.55. The van der Waals surface area contributed by atoms with Crippen LogP contribution in [0.3, 0.4) is 0 Å². The fourth-order valence-corrected chi connectivity index (χ4v) is 2.68. The summed E-state index contributed by atoms with van der Waals surface area (Å²) in [6.07, 6.45) is 2.60. The first kappa shape index (κ1) is 13.2. The molecule has 1 unspecified atom stereocenters. The number of aromatic nitrogens is 2. The number of nitro groups is 1. The van der Waals surface area contributed by atoms with E-state index in [0.29, 0.717) is 13.2 Å². The van der Waals surface area contributed by atoms with Crippen molar-refractivity contribution in [3.8, 4) is 0 Å². The van der Waals surface area contributed by atoms with Crippen molar-refractivity contribution < 1.29 is 18.1 Å². The number of rotatable bonds is 3. The lowest BCUT2D eigenvalue weighted by Crippen LogP contribution is -2.21. The Morgan fingerprint density at radius 1 is 1.61 bits per heavy atom. The molecule has 0 bridgehead atoms. The van der Waals surface area contributed by atoms with Gasteiger partial charge in [-0.2, -0.15) is 4.68 Å². The smallest absolute Gasteiger partial charge is 0.379 e. The van der Waals surface area contributed by atoms with Gasteiger partial charge in [-0.25, -0.2) is 8.42 Å². The van der Waals surface area contributed by atoms with Gasteiger partial charge in [-0.15, -0.1) is 0 Å². The predicted octanol–water partition coefficient (Wildman–Crippen LogP) is 1.07. The van der Waals surface area contributed by atoms with Crippen LogP contribution in [0.4, 0.5) is 5.82 Å². The van der Waals surface area contributed by atoms with Gasteiger partial charge in [0.25, 0.3) is 9.05 Å². The molecule has 1 aromatic heterocycles. The molecule has 1 aliphatic rings. The van der Waals surface area contributed by atoms with Gasteiger partial charge in [0.1, 0.15) is 0 Å². The average molecular weight is 296 g/mol. The van der Waals surface area contributed by atoms with E-state index in [1.165, 1.54) is 4.68 Å². The van der Waals surface area contributed by atoms with Gasteiger partial charge in [0, 0.05) is 17.3 Å². The third-order valence-electron chi connectivity index (χ3n) is 2.63. The Morgan fingerprint density at radius 3 is 2.78 bits per heavy atom. The largest absolute Gasteiger partial charge is 0.410 e. The van der Waals surface area contributed by atoms with E-state index >= 15 is 0 Å². The minimum Gasteiger partial charge on any atom is -0.379 e. The van der Waals surface area contributed by atoms with Crippen molar-refractivity contribution in [2.24, 2.45) is 0 Å². The molecule has 18 heavy (non-hydrogen) atoms. The Morgan fingerprint density at radius 2 is 2.33 bits per heavy atom. The van der Waals surface area contributed by atoms with Gasteiger partial charge in [-0.05, 0) is 17.8 Å². The molecular weight excluding hydrogens is 286 g/mol. The number of ether oxygens (including phenoxy) is 1. The van der Waals surface area contributed by atoms with Crippen LogP contribution in [-0.2, 0) is 13.8 Å². The first-order valence-electron chi connectivity index (χ1n) is 5.15. The molecular formula is C8H10ClN3O5S. The molecule has 1 saturated heterocycles. The lowest BCUT2D eigenvalue weighted by Gasteiger charge is -2.19. The highest BCUT2D eigenvalue weighted by molar-refractivity contribution is 8.13. The first-order chi connectivity index (χ1) is 8.39. The zero-order chi connectivity index (χ0) is 13.3. The van der Waals surface area contributed by atoms with Crippen LogP contribution >= 0.6 is 10.7 Å². The summed E-state index contributed by atoms with van der Waals surface area (Å²) >= 11 is 0. The van der Waals surface area contributed by atoms with Crippen LogP contribution in [0.2, 0.25) is 0 Å². The van der Waals surface area contributed by atoms with Gasteiger partial charge in [0.05, 0.1) is 23.9 Å².